The minimum atomic E-state index is 0.674. The molecule has 0 saturated heterocycles. The van der Waals surface area contributed by atoms with Gasteiger partial charge in [0.2, 0.25) is 0 Å². The molecule has 4 aromatic heterocycles. The maximum absolute atomic E-state index is 4.35. The molecule has 0 saturated carbocycles. The molecule has 0 atom stereocenters. The zero-order valence-corrected chi connectivity index (χ0v) is 24.4. The van der Waals surface area contributed by atoms with Crippen LogP contribution in [-0.4, -0.2) is 49.1 Å². The van der Waals surface area contributed by atoms with Crippen molar-refractivity contribution in [2.75, 3.05) is 0 Å². The number of aromatic nitrogens is 10. The number of rotatable bonds is 12. The molecule has 6 aromatic rings. The number of hydrogen-bond acceptors (Lipinski definition) is 6. The van der Waals surface area contributed by atoms with Crippen LogP contribution in [0.15, 0.2) is 80.2 Å². The average molecular weight is 561 g/mol. The van der Waals surface area contributed by atoms with Crippen molar-refractivity contribution in [3.05, 3.63) is 119 Å². The third-order valence-corrected chi connectivity index (χ3v) is 7.73. The van der Waals surface area contributed by atoms with E-state index in [0.29, 0.717) is 13.1 Å². The summed E-state index contributed by atoms with van der Waals surface area (Å²) in [5.74, 6) is 0. The minimum Gasteiger partial charge on any atom is -0.331 e. The van der Waals surface area contributed by atoms with E-state index >= 15 is 0 Å². The van der Waals surface area contributed by atoms with E-state index in [4.69, 9.17) is 0 Å². The summed E-state index contributed by atoms with van der Waals surface area (Å²) in [5.41, 5.74) is 11.1. The highest BCUT2D eigenvalue weighted by Crippen LogP contribution is 2.32. The Balaban J connectivity index is 1.14. The Morgan fingerprint density at radius 3 is 2.00 bits per heavy atom. The first kappa shape index (κ1) is 27.3. The molecule has 0 N–H and O–H groups in total. The highest BCUT2D eigenvalue weighted by molar-refractivity contribution is 5.73. The molecule has 0 radical (unpaired) electrons. The van der Waals surface area contributed by atoms with Crippen LogP contribution in [0.1, 0.15) is 45.6 Å². The van der Waals surface area contributed by atoms with Gasteiger partial charge in [-0.2, -0.15) is 0 Å². The number of aryl methyl sites for hydroxylation is 6. The summed E-state index contributed by atoms with van der Waals surface area (Å²) in [6, 6.07) is 11.5. The van der Waals surface area contributed by atoms with E-state index in [1.54, 1.807) is 25.0 Å². The van der Waals surface area contributed by atoms with Crippen LogP contribution < -0.4 is 0 Å². The van der Waals surface area contributed by atoms with Crippen LogP contribution in [0, 0.1) is 20.8 Å². The summed E-state index contributed by atoms with van der Waals surface area (Å²) in [4.78, 5) is 8.20. The molecule has 0 fully saturated rings. The molecule has 42 heavy (non-hydrogen) atoms. The Morgan fingerprint density at radius 1 is 0.690 bits per heavy atom. The van der Waals surface area contributed by atoms with Crippen LogP contribution in [0.3, 0.4) is 0 Å². The third-order valence-electron chi connectivity index (χ3n) is 7.73. The lowest BCUT2D eigenvalue weighted by Crippen LogP contribution is -2.04. The fourth-order valence-electron chi connectivity index (χ4n) is 5.37. The van der Waals surface area contributed by atoms with E-state index < -0.39 is 0 Å². The summed E-state index contributed by atoms with van der Waals surface area (Å²) in [6.07, 6.45) is 17.9. The Kier molecular flexibility index (Phi) is 8.02. The average Bonchev–Trinajstić information content (AvgIpc) is 3.81. The van der Waals surface area contributed by atoms with Gasteiger partial charge in [0.05, 0.1) is 38.1 Å². The third kappa shape index (κ3) is 6.54. The van der Waals surface area contributed by atoms with Gasteiger partial charge in [0.25, 0.3) is 0 Å². The normalized spacial score (nSPS) is 11.4. The van der Waals surface area contributed by atoms with Gasteiger partial charge in [-0.3, -0.25) is 9.36 Å². The molecule has 4 heterocycles. The molecule has 0 aliphatic rings. The van der Waals surface area contributed by atoms with Crippen molar-refractivity contribution in [1.82, 2.24) is 49.1 Å². The van der Waals surface area contributed by atoms with E-state index in [9.17, 15) is 0 Å². The first-order chi connectivity index (χ1) is 20.5. The molecular weight excluding hydrogens is 524 g/mol. The minimum absolute atomic E-state index is 0.674. The van der Waals surface area contributed by atoms with Gasteiger partial charge in [-0.25, -0.2) is 9.97 Å². The predicted octanol–water partition coefficient (Wildman–Crippen LogP) is 4.83. The number of nitrogens with zero attached hydrogens (tertiary/aromatic N) is 10. The van der Waals surface area contributed by atoms with Crippen LogP contribution in [0.4, 0.5) is 0 Å². The SMILES string of the molecule is Cc1ccc(CCCn2cc(Cn3ccnc3)nn2)c(-c2cc(CCn3cc(Cn4ccnc4)nn3)cc(C)c2C)c1. The van der Waals surface area contributed by atoms with Gasteiger partial charge in [-0.05, 0) is 73.4 Å². The van der Waals surface area contributed by atoms with Gasteiger partial charge in [0.1, 0.15) is 11.4 Å². The molecule has 0 aliphatic heterocycles. The van der Waals surface area contributed by atoms with E-state index in [1.807, 2.05) is 43.3 Å². The van der Waals surface area contributed by atoms with E-state index in [2.05, 4.69) is 81.7 Å². The van der Waals surface area contributed by atoms with Crippen molar-refractivity contribution in [2.24, 2.45) is 0 Å². The maximum Gasteiger partial charge on any atom is 0.102 e. The van der Waals surface area contributed by atoms with Crippen LogP contribution in [0.2, 0.25) is 0 Å². The Bertz CT molecular complexity index is 1740. The fourth-order valence-corrected chi connectivity index (χ4v) is 5.37. The van der Waals surface area contributed by atoms with Crippen LogP contribution in [-0.2, 0) is 39.0 Å². The van der Waals surface area contributed by atoms with Crippen molar-refractivity contribution in [1.29, 1.82) is 0 Å². The molecule has 0 aliphatic carbocycles. The van der Waals surface area contributed by atoms with Crippen LogP contribution >= 0.6 is 0 Å². The number of imidazole rings is 2. The van der Waals surface area contributed by atoms with Gasteiger partial charge < -0.3 is 9.13 Å². The molecule has 0 spiro atoms. The first-order valence-electron chi connectivity index (χ1n) is 14.4. The lowest BCUT2D eigenvalue weighted by molar-refractivity contribution is 0.559. The Morgan fingerprint density at radius 2 is 1.36 bits per heavy atom. The zero-order valence-electron chi connectivity index (χ0n) is 24.4. The summed E-state index contributed by atoms with van der Waals surface area (Å²) >= 11 is 0. The summed E-state index contributed by atoms with van der Waals surface area (Å²) in [6.45, 7) is 9.57. The quantitative estimate of drug-likeness (QED) is 0.213. The van der Waals surface area contributed by atoms with Crippen molar-refractivity contribution in [3.63, 3.8) is 0 Å². The van der Waals surface area contributed by atoms with Gasteiger partial charge in [-0.15, -0.1) is 10.2 Å². The van der Waals surface area contributed by atoms with Crippen LogP contribution in [0.5, 0.6) is 0 Å². The van der Waals surface area contributed by atoms with Gasteiger partial charge in [0, 0.05) is 37.9 Å². The second-order valence-electron chi connectivity index (χ2n) is 11.0. The topological polar surface area (TPSA) is 97.1 Å². The number of benzene rings is 2. The van der Waals surface area contributed by atoms with Crippen molar-refractivity contribution in [3.8, 4) is 11.1 Å². The largest absolute Gasteiger partial charge is 0.331 e. The zero-order chi connectivity index (χ0) is 28.9. The number of hydrogen-bond donors (Lipinski definition) is 0. The molecule has 10 nitrogen and oxygen atoms in total. The molecular formula is C32H36N10. The standard InChI is InChI=1S/C32H36N10/c1-24-6-7-28(5-4-11-41-20-29(35-37-41)18-39-13-9-33-22-39)32(15-24)31-17-27(16-25(2)26(31)3)8-12-42-21-30(36-38-42)19-40-14-10-34-23-40/h6-7,9-10,13-17,20-23H,4-5,8,11-12,18-19H2,1-3H3. The monoisotopic (exact) mass is 560 g/mol. The summed E-state index contributed by atoms with van der Waals surface area (Å²) < 4.78 is 7.87. The lowest BCUT2D eigenvalue weighted by Gasteiger charge is -2.17. The van der Waals surface area contributed by atoms with Gasteiger partial charge in [0.15, 0.2) is 0 Å². The molecule has 10 heteroatoms. The highest BCUT2D eigenvalue weighted by atomic mass is 15.4. The van der Waals surface area contributed by atoms with Gasteiger partial charge >= 0.3 is 0 Å². The van der Waals surface area contributed by atoms with Crippen molar-refractivity contribution in [2.45, 2.75) is 66.2 Å². The molecule has 214 valence electrons. The predicted molar refractivity (Wildman–Crippen MR) is 161 cm³/mol. The first-order valence-corrected chi connectivity index (χ1v) is 14.4. The highest BCUT2D eigenvalue weighted by Gasteiger charge is 2.13. The maximum atomic E-state index is 4.35. The van der Waals surface area contributed by atoms with Crippen molar-refractivity contribution < 1.29 is 0 Å². The fraction of sp³-hybridized carbons (Fsp3) is 0.312. The van der Waals surface area contributed by atoms with Crippen molar-refractivity contribution >= 4 is 0 Å². The second kappa shape index (κ2) is 12.3. The van der Waals surface area contributed by atoms with Crippen LogP contribution in [0.25, 0.3) is 11.1 Å². The lowest BCUT2D eigenvalue weighted by atomic mass is 9.88. The Labute approximate surface area is 245 Å². The summed E-state index contributed by atoms with van der Waals surface area (Å²) in [7, 11) is 0. The molecule has 2 aromatic carbocycles. The van der Waals surface area contributed by atoms with E-state index in [1.165, 1.54) is 38.9 Å². The molecule has 6 rings (SSSR count). The van der Waals surface area contributed by atoms with E-state index in [-0.39, 0.29) is 0 Å². The molecule has 0 unspecified atom stereocenters. The summed E-state index contributed by atoms with van der Waals surface area (Å²) in [5, 5.41) is 17.4. The second-order valence-corrected chi connectivity index (χ2v) is 11.0. The van der Waals surface area contributed by atoms with Gasteiger partial charge in [-0.1, -0.05) is 46.3 Å². The van der Waals surface area contributed by atoms with E-state index in [0.717, 1.165) is 43.7 Å². The smallest absolute Gasteiger partial charge is 0.102 e. The Hall–Kier alpha value is -4.86. The molecule has 0 amide bonds. The molecule has 0 bridgehead atoms.